The summed E-state index contributed by atoms with van der Waals surface area (Å²) in [7, 11) is 0. The summed E-state index contributed by atoms with van der Waals surface area (Å²) in [6.45, 7) is 11.2. The van der Waals surface area contributed by atoms with Gasteiger partial charge in [0.15, 0.2) is 0 Å². The van der Waals surface area contributed by atoms with E-state index in [9.17, 15) is 0 Å². The lowest BCUT2D eigenvalue weighted by atomic mass is 9.99. The predicted octanol–water partition coefficient (Wildman–Crippen LogP) is 3.89. The molecule has 18 heavy (non-hydrogen) atoms. The van der Waals surface area contributed by atoms with Crippen molar-refractivity contribution in [1.82, 2.24) is 5.32 Å². The second kappa shape index (κ2) is 8.28. The van der Waals surface area contributed by atoms with E-state index in [1.807, 2.05) is 6.92 Å². The first kappa shape index (κ1) is 15.2. The topological polar surface area (TPSA) is 21.3 Å². The van der Waals surface area contributed by atoms with E-state index >= 15 is 0 Å². The normalized spacial score (nSPS) is 12.9. The summed E-state index contributed by atoms with van der Waals surface area (Å²) in [6, 6.07) is 9.22. The SMILES string of the molecule is CCCNC(COCC)c1ccc(C(C)C)cc1. The molecule has 102 valence electrons. The summed E-state index contributed by atoms with van der Waals surface area (Å²) in [5, 5.41) is 3.54. The van der Waals surface area contributed by atoms with Crippen molar-refractivity contribution in [3.05, 3.63) is 35.4 Å². The number of hydrogen-bond donors (Lipinski definition) is 1. The molecular weight excluding hydrogens is 222 g/mol. The van der Waals surface area contributed by atoms with E-state index < -0.39 is 0 Å². The van der Waals surface area contributed by atoms with Gasteiger partial charge in [0.1, 0.15) is 0 Å². The molecule has 1 rings (SSSR count). The molecule has 2 heteroatoms. The van der Waals surface area contributed by atoms with Gasteiger partial charge in [0, 0.05) is 6.61 Å². The molecule has 0 aromatic heterocycles. The zero-order chi connectivity index (χ0) is 13.4. The Morgan fingerprint density at radius 2 is 1.67 bits per heavy atom. The van der Waals surface area contributed by atoms with E-state index in [1.54, 1.807) is 0 Å². The van der Waals surface area contributed by atoms with Crippen LogP contribution in [0.3, 0.4) is 0 Å². The Labute approximate surface area is 112 Å². The van der Waals surface area contributed by atoms with Crippen molar-refractivity contribution >= 4 is 0 Å². The van der Waals surface area contributed by atoms with Crippen LogP contribution >= 0.6 is 0 Å². The smallest absolute Gasteiger partial charge is 0.0661 e. The Bertz CT molecular complexity index is 310. The Kier molecular flexibility index (Phi) is 6.99. The van der Waals surface area contributed by atoms with Gasteiger partial charge in [0.25, 0.3) is 0 Å². The highest BCUT2D eigenvalue weighted by Crippen LogP contribution is 2.19. The maximum absolute atomic E-state index is 5.56. The highest BCUT2D eigenvalue weighted by atomic mass is 16.5. The highest BCUT2D eigenvalue weighted by molar-refractivity contribution is 5.27. The van der Waals surface area contributed by atoms with Crippen molar-refractivity contribution < 1.29 is 4.74 Å². The number of benzene rings is 1. The lowest BCUT2D eigenvalue weighted by molar-refractivity contribution is 0.123. The van der Waals surface area contributed by atoms with E-state index in [2.05, 4.69) is 50.4 Å². The van der Waals surface area contributed by atoms with E-state index in [0.717, 1.165) is 26.2 Å². The average molecular weight is 249 g/mol. The van der Waals surface area contributed by atoms with E-state index in [-0.39, 0.29) is 0 Å². The lowest BCUT2D eigenvalue weighted by Crippen LogP contribution is -2.26. The van der Waals surface area contributed by atoms with Gasteiger partial charge in [-0.2, -0.15) is 0 Å². The van der Waals surface area contributed by atoms with Gasteiger partial charge in [-0.1, -0.05) is 45.0 Å². The minimum absolute atomic E-state index is 0.311. The third kappa shape index (κ3) is 4.79. The molecule has 1 N–H and O–H groups in total. The van der Waals surface area contributed by atoms with Crippen LogP contribution in [0.5, 0.6) is 0 Å². The van der Waals surface area contributed by atoms with Crippen molar-refractivity contribution in [3.8, 4) is 0 Å². The fourth-order valence-corrected chi connectivity index (χ4v) is 1.94. The largest absolute Gasteiger partial charge is 0.380 e. The Morgan fingerprint density at radius 1 is 1.06 bits per heavy atom. The molecular formula is C16H27NO. The van der Waals surface area contributed by atoms with Crippen LogP contribution in [-0.2, 0) is 4.74 Å². The van der Waals surface area contributed by atoms with Crippen LogP contribution in [0.2, 0.25) is 0 Å². The van der Waals surface area contributed by atoms with E-state index in [1.165, 1.54) is 11.1 Å². The summed E-state index contributed by atoms with van der Waals surface area (Å²) in [4.78, 5) is 0. The molecule has 0 aliphatic rings. The molecule has 0 saturated carbocycles. The maximum atomic E-state index is 5.56. The molecule has 1 aromatic carbocycles. The second-order valence-corrected chi connectivity index (χ2v) is 4.99. The van der Waals surface area contributed by atoms with Crippen molar-refractivity contribution in [2.75, 3.05) is 19.8 Å². The van der Waals surface area contributed by atoms with Gasteiger partial charge in [0.2, 0.25) is 0 Å². The zero-order valence-electron chi connectivity index (χ0n) is 12.2. The summed E-state index contributed by atoms with van der Waals surface area (Å²) in [6.07, 6.45) is 1.15. The second-order valence-electron chi connectivity index (χ2n) is 4.99. The predicted molar refractivity (Wildman–Crippen MR) is 78.1 cm³/mol. The monoisotopic (exact) mass is 249 g/mol. The first-order valence-electron chi connectivity index (χ1n) is 7.10. The van der Waals surface area contributed by atoms with Gasteiger partial charge in [-0.05, 0) is 36.9 Å². The van der Waals surface area contributed by atoms with Crippen LogP contribution in [-0.4, -0.2) is 19.8 Å². The quantitative estimate of drug-likeness (QED) is 0.754. The molecule has 0 saturated heterocycles. The third-order valence-electron chi connectivity index (χ3n) is 3.13. The molecule has 1 unspecified atom stereocenters. The summed E-state index contributed by atoms with van der Waals surface area (Å²) in [5.74, 6) is 0.591. The van der Waals surface area contributed by atoms with Crippen molar-refractivity contribution in [2.24, 2.45) is 0 Å². The first-order valence-corrected chi connectivity index (χ1v) is 7.10. The van der Waals surface area contributed by atoms with Crippen molar-refractivity contribution in [1.29, 1.82) is 0 Å². The standard InChI is InChI=1S/C16H27NO/c1-5-11-17-16(12-18-6-2)15-9-7-14(8-10-15)13(3)4/h7-10,13,16-17H,5-6,11-12H2,1-4H3. The Hall–Kier alpha value is -0.860. The molecule has 0 aliphatic carbocycles. The van der Waals surface area contributed by atoms with Gasteiger partial charge in [-0.15, -0.1) is 0 Å². The third-order valence-corrected chi connectivity index (χ3v) is 3.13. The van der Waals surface area contributed by atoms with Crippen LogP contribution in [0.15, 0.2) is 24.3 Å². The van der Waals surface area contributed by atoms with Crippen LogP contribution in [0.4, 0.5) is 0 Å². The molecule has 1 atom stereocenters. The van der Waals surface area contributed by atoms with Crippen LogP contribution in [0.25, 0.3) is 0 Å². The molecule has 0 radical (unpaired) electrons. The first-order chi connectivity index (χ1) is 8.69. The zero-order valence-corrected chi connectivity index (χ0v) is 12.2. The van der Waals surface area contributed by atoms with Crippen LogP contribution in [0, 0.1) is 0 Å². The number of hydrogen-bond acceptors (Lipinski definition) is 2. The van der Waals surface area contributed by atoms with E-state index in [0.29, 0.717) is 12.0 Å². The Morgan fingerprint density at radius 3 is 2.17 bits per heavy atom. The highest BCUT2D eigenvalue weighted by Gasteiger charge is 2.10. The fraction of sp³-hybridized carbons (Fsp3) is 0.625. The fourth-order valence-electron chi connectivity index (χ4n) is 1.94. The van der Waals surface area contributed by atoms with Gasteiger partial charge in [-0.3, -0.25) is 0 Å². The molecule has 1 aromatic rings. The Balaban J connectivity index is 2.70. The average Bonchev–Trinajstić information content (AvgIpc) is 2.39. The van der Waals surface area contributed by atoms with Crippen LogP contribution < -0.4 is 5.32 Å². The maximum Gasteiger partial charge on any atom is 0.0661 e. The minimum Gasteiger partial charge on any atom is -0.380 e. The molecule has 0 fully saturated rings. The summed E-state index contributed by atoms with van der Waals surface area (Å²) < 4.78 is 5.56. The number of ether oxygens (including phenoxy) is 1. The molecule has 0 amide bonds. The molecule has 0 heterocycles. The van der Waals surface area contributed by atoms with E-state index in [4.69, 9.17) is 4.74 Å². The summed E-state index contributed by atoms with van der Waals surface area (Å²) >= 11 is 0. The lowest BCUT2D eigenvalue weighted by Gasteiger charge is -2.19. The van der Waals surface area contributed by atoms with Gasteiger partial charge >= 0.3 is 0 Å². The molecule has 0 bridgehead atoms. The molecule has 2 nitrogen and oxygen atoms in total. The van der Waals surface area contributed by atoms with Gasteiger partial charge in [0.05, 0.1) is 12.6 Å². The molecule has 0 aliphatic heterocycles. The van der Waals surface area contributed by atoms with Gasteiger partial charge < -0.3 is 10.1 Å². The summed E-state index contributed by atoms with van der Waals surface area (Å²) in [5.41, 5.74) is 2.71. The number of nitrogens with one attached hydrogen (secondary N) is 1. The van der Waals surface area contributed by atoms with Gasteiger partial charge in [-0.25, -0.2) is 0 Å². The van der Waals surface area contributed by atoms with Crippen molar-refractivity contribution in [3.63, 3.8) is 0 Å². The molecule has 0 spiro atoms. The van der Waals surface area contributed by atoms with Crippen LogP contribution in [0.1, 0.15) is 57.2 Å². The number of rotatable bonds is 8. The van der Waals surface area contributed by atoms with Crippen molar-refractivity contribution in [2.45, 2.75) is 46.1 Å². The minimum atomic E-state index is 0.311.